The maximum atomic E-state index is 8.06. The van der Waals surface area contributed by atoms with E-state index in [1.165, 1.54) is 6.21 Å². The number of oxime groups is 1. The summed E-state index contributed by atoms with van der Waals surface area (Å²) in [4.78, 5) is 0. The van der Waals surface area contributed by atoms with Crippen LogP contribution in [0.3, 0.4) is 0 Å². The summed E-state index contributed by atoms with van der Waals surface area (Å²) in [7, 11) is 0. The molecular weight excluding hydrogens is 114 g/mol. The lowest BCUT2D eigenvalue weighted by molar-refractivity contribution is 0.318. The van der Waals surface area contributed by atoms with Crippen molar-refractivity contribution in [1.29, 1.82) is 0 Å². The Kier molecular flexibility index (Phi) is 2.99. The van der Waals surface area contributed by atoms with Gasteiger partial charge in [0.05, 0.1) is 0 Å². The van der Waals surface area contributed by atoms with Gasteiger partial charge in [0.25, 0.3) is 0 Å². The highest BCUT2D eigenvalue weighted by Crippen LogP contribution is 2.18. The second-order valence-corrected chi connectivity index (χ2v) is 2.69. The van der Waals surface area contributed by atoms with Crippen molar-refractivity contribution in [3.8, 4) is 0 Å². The van der Waals surface area contributed by atoms with Gasteiger partial charge in [0.15, 0.2) is 0 Å². The van der Waals surface area contributed by atoms with Crippen LogP contribution in [0.5, 0.6) is 0 Å². The summed E-state index contributed by atoms with van der Waals surface area (Å²) in [6.45, 7) is 7.70. The number of nitrogens with zero attached hydrogens (tertiary/aromatic N) is 1. The molecule has 0 fully saturated rings. The van der Waals surface area contributed by atoms with Gasteiger partial charge in [0.2, 0.25) is 0 Å². The van der Waals surface area contributed by atoms with Gasteiger partial charge >= 0.3 is 0 Å². The van der Waals surface area contributed by atoms with E-state index in [4.69, 9.17) is 5.21 Å². The first-order valence-electron chi connectivity index (χ1n) is 2.92. The highest BCUT2D eigenvalue weighted by molar-refractivity contribution is 5.57. The van der Waals surface area contributed by atoms with Crippen molar-refractivity contribution in [3.05, 3.63) is 12.7 Å². The molecule has 0 aromatic carbocycles. The molecule has 0 aliphatic rings. The zero-order valence-corrected chi connectivity index (χ0v) is 5.96. The van der Waals surface area contributed by atoms with E-state index in [-0.39, 0.29) is 5.41 Å². The Balaban J connectivity index is 3.71. The van der Waals surface area contributed by atoms with Gasteiger partial charge < -0.3 is 5.21 Å². The minimum absolute atomic E-state index is 0.0478. The largest absolute Gasteiger partial charge is 0.411 e. The van der Waals surface area contributed by atoms with E-state index in [9.17, 15) is 0 Å². The van der Waals surface area contributed by atoms with Gasteiger partial charge in [-0.15, -0.1) is 11.7 Å². The Morgan fingerprint density at radius 3 is 2.56 bits per heavy atom. The van der Waals surface area contributed by atoms with Crippen molar-refractivity contribution >= 4 is 6.21 Å². The Morgan fingerprint density at radius 2 is 2.22 bits per heavy atom. The summed E-state index contributed by atoms with van der Waals surface area (Å²) in [6.07, 6.45) is 4.04. The van der Waals surface area contributed by atoms with Crippen LogP contribution in [0, 0.1) is 5.41 Å². The van der Waals surface area contributed by atoms with E-state index < -0.39 is 0 Å². The standard InChI is InChI=1S/C7H13NO/c1-4-7(2,3)5-6-8-9/h4,6,9H,1,5H2,2-3H3. The number of hydrogen-bond acceptors (Lipinski definition) is 2. The first-order chi connectivity index (χ1) is 4.12. The molecule has 1 N–H and O–H groups in total. The van der Waals surface area contributed by atoms with Crippen LogP contribution in [0.15, 0.2) is 17.8 Å². The van der Waals surface area contributed by atoms with Crippen LogP contribution in [-0.4, -0.2) is 11.4 Å². The summed E-state index contributed by atoms with van der Waals surface area (Å²) in [5, 5.41) is 11.0. The molecule has 0 aromatic rings. The van der Waals surface area contributed by atoms with Crippen LogP contribution in [0.4, 0.5) is 0 Å². The van der Waals surface area contributed by atoms with Crippen LogP contribution >= 0.6 is 0 Å². The predicted octanol–water partition coefficient (Wildman–Crippen LogP) is 2.05. The van der Waals surface area contributed by atoms with Crippen molar-refractivity contribution in [3.63, 3.8) is 0 Å². The van der Waals surface area contributed by atoms with Gasteiger partial charge in [0.1, 0.15) is 0 Å². The van der Waals surface area contributed by atoms with E-state index >= 15 is 0 Å². The third kappa shape index (κ3) is 3.76. The molecule has 0 bridgehead atoms. The highest BCUT2D eigenvalue weighted by atomic mass is 16.4. The smallest absolute Gasteiger partial charge is 0.0444 e. The monoisotopic (exact) mass is 127 g/mol. The average Bonchev–Trinajstić information content (AvgIpc) is 1.84. The molecule has 2 heteroatoms. The molecule has 52 valence electrons. The normalized spacial score (nSPS) is 12.2. The quantitative estimate of drug-likeness (QED) is 0.267. The van der Waals surface area contributed by atoms with Gasteiger partial charge in [-0.3, -0.25) is 0 Å². The molecule has 0 atom stereocenters. The van der Waals surface area contributed by atoms with Crippen molar-refractivity contribution in [2.45, 2.75) is 20.3 Å². The molecule has 0 heterocycles. The summed E-state index contributed by atoms with van der Waals surface area (Å²) < 4.78 is 0. The average molecular weight is 127 g/mol. The van der Waals surface area contributed by atoms with Crippen LogP contribution in [0.25, 0.3) is 0 Å². The second kappa shape index (κ2) is 3.28. The molecular formula is C7H13NO. The molecule has 0 aliphatic heterocycles. The molecule has 0 rings (SSSR count). The topological polar surface area (TPSA) is 32.6 Å². The number of hydrogen-bond donors (Lipinski definition) is 1. The van der Waals surface area contributed by atoms with Crippen LogP contribution in [0.2, 0.25) is 0 Å². The molecule has 0 radical (unpaired) electrons. The SMILES string of the molecule is C=CC(C)(C)CC=NO. The second-order valence-electron chi connectivity index (χ2n) is 2.69. The first kappa shape index (κ1) is 8.21. The van der Waals surface area contributed by atoms with Gasteiger partial charge in [-0.25, -0.2) is 0 Å². The van der Waals surface area contributed by atoms with Crippen LogP contribution in [-0.2, 0) is 0 Å². The lowest BCUT2D eigenvalue weighted by Gasteiger charge is -2.14. The lowest BCUT2D eigenvalue weighted by Crippen LogP contribution is -2.06. The number of rotatable bonds is 3. The molecule has 0 unspecified atom stereocenters. The molecule has 0 amide bonds. The summed E-state index contributed by atoms with van der Waals surface area (Å²) >= 11 is 0. The fraction of sp³-hybridized carbons (Fsp3) is 0.571. The minimum atomic E-state index is 0.0478. The Bertz CT molecular complexity index is 116. The summed E-state index contributed by atoms with van der Waals surface area (Å²) in [5.41, 5.74) is 0.0478. The van der Waals surface area contributed by atoms with Crippen molar-refractivity contribution in [2.24, 2.45) is 10.6 Å². The van der Waals surface area contributed by atoms with Gasteiger partial charge in [-0.1, -0.05) is 19.9 Å². The Labute approximate surface area is 55.9 Å². The minimum Gasteiger partial charge on any atom is -0.411 e. The zero-order valence-electron chi connectivity index (χ0n) is 5.96. The van der Waals surface area contributed by atoms with E-state index in [0.717, 1.165) is 6.42 Å². The maximum absolute atomic E-state index is 8.06. The third-order valence-electron chi connectivity index (χ3n) is 1.25. The molecule has 2 nitrogen and oxygen atoms in total. The molecule has 0 saturated heterocycles. The maximum Gasteiger partial charge on any atom is 0.0444 e. The van der Waals surface area contributed by atoms with Gasteiger partial charge in [-0.2, -0.15) is 0 Å². The molecule has 0 aromatic heterocycles. The van der Waals surface area contributed by atoms with E-state index in [0.29, 0.717) is 0 Å². The summed E-state index contributed by atoms with van der Waals surface area (Å²) in [5.74, 6) is 0. The van der Waals surface area contributed by atoms with Crippen LogP contribution < -0.4 is 0 Å². The van der Waals surface area contributed by atoms with E-state index in [2.05, 4.69) is 11.7 Å². The van der Waals surface area contributed by atoms with Crippen molar-refractivity contribution in [2.75, 3.05) is 0 Å². The lowest BCUT2D eigenvalue weighted by atomic mass is 9.90. The Morgan fingerprint density at radius 1 is 1.67 bits per heavy atom. The first-order valence-corrected chi connectivity index (χ1v) is 2.92. The highest BCUT2D eigenvalue weighted by Gasteiger charge is 2.09. The van der Waals surface area contributed by atoms with Crippen LogP contribution in [0.1, 0.15) is 20.3 Å². The molecule has 9 heavy (non-hydrogen) atoms. The molecule has 0 aliphatic carbocycles. The third-order valence-corrected chi connectivity index (χ3v) is 1.25. The van der Waals surface area contributed by atoms with E-state index in [1.807, 2.05) is 19.9 Å². The molecule has 0 spiro atoms. The zero-order chi connectivity index (χ0) is 7.33. The fourth-order valence-corrected chi connectivity index (χ4v) is 0.359. The molecule has 0 saturated carbocycles. The van der Waals surface area contributed by atoms with Gasteiger partial charge in [-0.05, 0) is 11.8 Å². The Hall–Kier alpha value is -0.790. The fourth-order valence-electron chi connectivity index (χ4n) is 0.359. The predicted molar refractivity (Wildman–Crippen MR) is 38.9 cm³/mol. The van der Waals surface area contributed by atoms with Crippen molar-refractivity contribution in [1.82, 2.24) is 0 Å². The number of allylic oxidation sites excluding steroid dienone is 1. The van der Waals surface area contributed by atoms with E-state index in [1.54, 1.807) is 0 Å². The summed E-state index contributed by atoms with van der Waals surface area (Å²) in [6, 6.07) is 0. The van der Waals surface area contributed by atoms with Gasteiger partial charge in [0, 0.05) is 6.21 Å². The van der Waals surface area contributed by atoms with Crippen molar-refractivity contribution < 1.29 is 5.21 Å².